The molecule has 1 aromatic carbocycles. The first-order valence-electron chi connectivity index (χ1n) is 6.71. The molecule has 3 N–H and O–H groups in total. The molecule has 0 saturated carbocycles. The Morgan fingerprint density at radius 1 is 1.24 bits per heavy atom. The lowest BCUT2D eigenvalue weighted by Crippen LogP contribution is -2.39. The van der Waals surface area contributed by atoms with Crippen molar-refractivity contribution in [1.82, 2.24) is 15.8 Å². The Labute approximate surface area is 121 Å². The van der Waals surface area contributed by atoms with Gasteiger partial charge in [0, 0.05) is 11.9 Å². The van der Waals surface area contributed by atoms with E-state index in [1.807, 2.05) is 18.2 Å². The maximum atomic E-state index is 13.1. The quantitative estimate of drug-likeness (QED) is 0.804. The average molecular weight is 286 g/mol. The lowest BCUT2D eigenvalue weighted by atomic mass is 10.1. The SMILES string of the molecule is O=C(Nc1cccc(F)c1)C1CC(c2ccccn2)NN1. The van der Waals surface area contributed by atoms with E-state index in [-0.39, 0.29) is 23.8 Å². The summed E-state index contributed by atoms with van der Waals surface area (Å²) in [5.74, 6) is -0.580. The molecule has 0 radical (unpaired) electrons. The second-order valence-corrected chi connectivity index (χ2v) is 4.88. The zero-order valence-corrected chi connectivity index (χ0v) is 11.2. The van der Waals surface area contributed by atoms with Crippen molar-refractivity contribution in [3.63, 3.8) is 0 Å². The summed E-state index contributed by atoms with van der Waals surface area (Å²) in [5.41, 5.74) is 7.33. The van der Waals surface area contributed by atoms with Crippen LogP contribution >= 0.6 is 0 Å². The van der Waals surface area contributed by atoms with Gasteiger partial charge in [-0.2, -0.15) is 0 Å². The Balaban J connectivity index is 1.62. The normalized spacial score (nSPS) is 21.2. The first kappa shape index (κ1) is 13.7. The van der Waals surface area contributed by atoms with Gasteiger partial charge in [0.15, 0.2) is 0 Å². The maximum Gasteiger partial charge on any atom is 0.242 e. The van der Waals surface area contributed by atoms with E-state index in [0.29, 0.717) is 12.1 Å². The fourth-order valence-electron chi connectivity index (χ4n) is 2.30. The minimum atomic E-state index is -0.389. The van der Waals surface area contributed by atoms with Crippen LogP contribution in [-0.2, 0) is 4.79 Å². The van der Waals surface area contributed by atoms with Crippen LogP contribution in [0.5, 0.6) is 0 Å². The molecule has 2 unspecified atom stereocenters. The predicted molar refractivity (Wildman–Crippen MR) is 76.7 cm³/mol. The number of aromatic nitrogens is 1. The third kappa shape index (κ3) is 3.24. The van der Waals surface area contributed by atoms with E-state index in [9.17, 15) is 9.18 Å². The fourth-order valence-corrected chi connectivity index (χ4v) is 2.30. The number of halogens is 1. The lowest BCUT2D eigenvalue weighted by Gasteiger charge is -2.10. The van der Waals surface area contributed by atoms with Gasteiger partial charge in [-0.15, -0.1) is 0 Å². The maximum absolute atomic E-state index is 13.1. The fraction of sp³-hybridized carbons (Fsp3) is 0.200. The van der Waals surface area contributed by atoms with Gasteiger partial charge in [-0.05, 0) is 36.8 Å². The minimum Gasteiger partial charge on any atom is -0.325 e. The summed E-state index contributed by atoms with van der Waals surface area (Å²) in [4.78, 5) is 16.4. The molecular weight excluding hydrogens is 271 g/mol. The van der Waals surface area contributed by atoms with Gasteiger partial charge in [-0.1, -0.05) is 12.1 Å². The number of rotatable bonds is 3. The molecular formula is C15H15FN4O. The summed E-state index contributed by atoms with van der Waals surface area (Å²) >= 11 is 0. The van der Waals surface area contributed by atoms with E-state index in [4.69, 9.17) is 0 Å². The van der Waals surface area contributed by atoms with Crippen LogP contribution in [0, 0.1) is 5.82 Å². The Kier molecular flexibility index (Phi) is 3.89. The number of amides is 1. The molecule has 1 fully saturated rings. The van der Waals surface area contributed by atoms with Crippen LogP contribution in [0.4, 0.5) is 10.1 Å². The molecule has 108 valence electrons. The number of hydrogen-bond acceptors (Lipinski definition) is 4. The van der Waals surface area contributed by atoms with Crippen molar-refractivity contribution in [2.75, 3.05) is 5.32 Å². The second-order valence-electron chi connectivity index (χ2n) is 4.88. The molecule has 1 saturated heterocycles. The number of benzene rings is 1. The van der Waals surface area contributed by atoms with Crippen molar-refractivity contribution in [3.8, 4) is 0 Å². The minimum absolute atomic E-state index is 0.0190. The van der Waals surface area contributed by atoms with E-state index >= 15 is 0 Å². The van der Waals surface area contributed by atoms with Crippen LogP contribution in [0.15, 0.2) is 48.7 Å². The van der Waals surface area contributed by atoms with Crippen molar-refractivity contribution in [3.05, 3.63) is 60.2 Å². The Hall–Kier alpha value is -2.31. The van der Waals surface area contributed by atoms with Crippen molar-refractivity contribution in [2.24, 2.45) is 0 Å². The van der Waals surface area contributed by atoms with Gasteiger partial charge in [0.05, 0.1) is 11.7 Å². The van der Waals surface area contributed by atoms with Crippen LogP contribution in [0.1, 0.15) is 18.2 Å². The molecule has 3 rings (SSSR count). The topological polar surface area (TPSA) is 66.0 Å². The lowest BCUT2D eigenvalue weighted by molar-refractivity contribution is -0.117. The first-order chi connectivity index (χ1) is 10.2. The predicted octanol–water partition coefficient (Wildman–Crippen LogP) is 1.77. The number of anilines is 1. The molecule has 1 aromatic heterocycles. The van der Waals surface area contributed by atoms with Crippen molar-refractivity contribution < 1.29 is 9.18 Å². The van der Waals surface area contributed by atoms with Crippen LogP contribution in [0.25, 0.3) is 0 Å². The molecule has 2 heterocycles. The van der Waals surface area contributed by atoms with Crippen LogP contribution in [0.3, 0.4) is 0 Å². The number of hydrazine groups is 1. The number of pyridine rings is 1. The Morgan fingerprint density at radius 2 is 2.14 bits per heavy atom. The molecule has 0 aliphatic carbocycles. The van der Waals surface area contributed by atoms with E-state index < -0.39 is 0 Å². The summed E-state index contributed by atoms with van der Waals surface area (Å²) in [6, 6.07) is 11.1. The number of hydrogen-bond donors (Lipinski definition) is 3. The third-order valence-corrected chi connectivity index (χ3v) is 3.36. The van der Waals surface area contributed by atoms with E-state index in [2.05, 4.69) is 21.2 Å². The van der Waals surface area contributed by atoms with E-state index in [0.717, 1.165) is 5.69 Å². The molecule has 2 atom stereocenters. The highest BCUT2D eigenvalue weighted by atomic mass is 19.1. The zero-order valence-electron chi connectivity index (χ0n) is 11.2. The molecule has 5 nitrogen and oxygen atoms in total. The molecule has 2 aromatic rings. The monoisotopic (exact) mass is 286 g/mol. The summed E-state index contributed by atoms with van der Waals surface area (Å²) in [6.07, 6.45) is 2.30. The van der Waals surface area contributed by atoms with Crippen LogP contribution in [0.2, 0.25) is 0 Å². The average Bonchev–Trinajstić information content (AvgIpc) is 2.98. The number of nitrogens with zero attached hydrogens (tertiary/aromatic N) is 1. The molecule has 1 amide bonds. The Bertz CT molecular complexity index is 635. The first-order valence-corrected chi connectivity index (χ1v) is 6.71. The molecule has 21 heavy (non-hydrogen) atoms. The van der Waals surface area contributed by atoms with Crippen LogP contribution in [-0.4, -0.2) is 16.9 Å². The highest BCUT2D eigenvalue weighted by Gasteiger charge is 2.30. The highest BCUT2D eigenvalue weighted by Crippen LogP contribution is 2.21. The van der Waals surface area contributed by atoms with Gasteiger partial charge < -0.3 is 5.32 Å². The zero-order chi connectivity index (χ0) is 14.7. The molecule has 0 spiro atoms. The molecule has 1 aliphatic rings. The molecule has 6 heteroatoms. The number of nitrogens with one attached hydrogen (secondary N) is 3. The second kappa shape index (κ2) is 5.99. The van der Waals surface area contributed by atoms with Crippen molar-refractivity contribution in [1.29, 1.82) is 0 Å². The summed E-state index contributed by atoms with van der Waals surface area (Å²) in [5, 5.41) is 2.69. The number of carbonyl (C=O) groups excluding carboxylic acids is 1. The van der Waals surface area contributed by atoms with Crippen molar-refractivity contribution >= 4 is 11.6 Å². The standard InChI is InChI=1S/C15H15FN4O/c16-10-4-3-5-11(8-10)18-15(21)14-9-13(19-20-14)12-6-1-2-7-17-12/h1-8,13-14,19-20H,9H2,(H,18,21). The van der Waals surface area contributed by atoms with E-state index in [1.54, 1.807) is 18.3 Å². The van der Waals surface area contributed by atoms with Crippen molar-refractivity contribution in [2.45, 2.75) is 18.5 Å². The molecule has 1 aliphatic heterocycles. The van der Waals surface area contributed by atoms with Gasteiger partial charge in [0.2, 0.25) is 5.91 Å². The largest absolute Gasteiger partial charge is 0.325 e. The Morgan fingerprint density at radius 3 is 2.90 bits per heavy atom. The highest BCUT2D eigenvalue weighted by molar-refractivity contribution is 5.95. The van der Waals surface area contributed by atoms with Gasteiger partial charge in [0.25, 0.3) is 0 Å². The van der Waals surface area contributed by atoms with Gasteiger partial charge in [-0.3, -0.25) is 9.78 Å². The summed E-state index contributed by atoms with van der Waals surface area (Å²) < 4.78 is 13.1. The van der Waals surface area contributed by atoms with Gasteiger partial charge in [0.1, 0.15) is 11.9 Å². The summed E-state index contributed by atoms with van der Waals surface area (Å²) in [7, 11) is 0. The smallest absolute Gasteiger partial charge is 0.242 e. The third-order valence-electron chi connectivity index (χ3n) is 3.36. The summed E-state index contributed by atoms with van der Waals surface area (Å²) in [6.45, 7) is 0. The van der Waals surface area contributed by atoms with E-state index in [1.165, 1.54) is 12.1 Å². The van der Waals surface area contributed by atoms with Crippen LogP contribution < -0.4 is 16.2 Å². The molecule has 0 bridgehead atoms. The van der Waals surface area contributed by atoms with Gasteiger partial charge in [-0.25, -0.2) is 15.2 Å². The van der Waals surface area contributed by atoms with Gasteiger partial charge >= 0.3 is 0 Å². The number of carbonyl (C=O) groups is 1.